The van der Waals surface area contributed by atoms with Crippen LogP contribution in [0.15, 0.2) is 36.4 Å². The Morgan fingerprint density at radius 2 is 1.49 bits per heavy atom. The molecule has 8 heteroatoms. The van der Waals surface area contributed by atoms with E-state index in [-0.39, 0.29) is 24.3 Å². The number of rotatable bonds is 8. The van der Waals surface area contributed by atoms with Gasteiger partial charge in [0.05, 0.1) is 46.1 Å². The molecule has 2 aromatic rings. The van der Waals surface area contributed by atoms with E-state index in [0.29, 0.717) is 35.1 Å². The molecule has 0 spiro atoms. The van der Waals surface area contributed by atoms with Gasteiger partial charge in [-0.25, -0.2) is 0 Å². The fraction of sp³-hybridized carbons (Fsp3) is 0.517. The fourth-order valence-corrected chi connectivity index (χ4v) is 5.75. The molecule has 2 atom stereocenters. The minimum Gasteiger partial charge on any atom is -0.497 e. The first-order chi connectivity index (χ1) is 17.9. The summed E-state index contributed by atoms with van der Waals surface area (Å²) < 4.78 is 22.0. The highest BCUT2D eigenvalue weighted by atomic mass is 16.5. The molecule has 2 unspecified atom stereocenters. The molecule has 4 rings (SSSR count). The van der Waals surface area contributed by atoms with Crippen molar-refractivity contribution in [3.8, 4) is 23.0 Å². The summed E-state index contributed by atoms with van der Waals surface area (Å²) in [6, 6.07) is 10.9. The van der Waals surface area contributed by atoms with E-state index in [0.717, 1.165) is 31.2 Å². The first-order valence-electron chi connectivity index (χ1n) is 13.0. The quantitative estimate of drug-likeness (QED) is 0.498. The Kier molecular flexibility index (Phi) is 8.46. The second-order valence-electron chi connectivity index (χ2n) is 9.75. The van der Waals surface area contributed by atoms with Gasteiger partial charge in [-0.3, -0.25) is 9.59 Å². The van der Waals surface area contributed by atoms with Gasteiger partial charge in [-0.15, -0.1) is 0 Å². The number of carbonyl (C=O) groups is 2. The molecule has 1 aliphatic carbocycles. The number of carbonyl (C=O) groups excluding carboxylic acids is 2. The maximum atomic E-state index is 14.0. The zero-order valence-corrected chi connectivity index (χ0v) is 22.5. The van der Waals surface area contributed by atoms with Crippen LogP contribution in [0.1, 0.15) is 56.6 Å². The Hall–Kier alpha value is -3.42. The number of amides is 2. The van der Waals surface area contributed by atoms with Crippen molar-refractivity contribution < 1.29 is 28.5 Å². The van der Waals surface area contributed by atoms with Crippen molar-refractivity contribution >= 4 is 17.5 Å². The molecule has 2 aliphatic rings. The third-order valence-corrected chi connectivity index (χ3v) is 7.77. The summed E-state index contributed by atoms with van der Waals surface area (Å²) in [7, 11) is 8.18. The highest BCUT2D eigenvalue weighted by Crippen LogP contribution is 2.47. The Balaban J connectivity index is 1.80. The summed E-state index contributed by atoms with van der Waals surface area (Å²) in [5.41, 5.74) is 1.47. The van der Waals surface area contributed by atoms with Crippen molar-refractivity contribution in [3.05, 3.63) is 42.0 Å². The zero-order chi connectivity index (χ0) is 26.5. The van der Waals surface area contributed by atoms with E-state index in [1.54, 1.807) is 45.5 Å². The summed E-state index contributed by atoms with van der Waals surface area (Å²) in [4.78, 5) is 31.2. The van der Waals surface area contributed by atoms with E-state index in [1.165, 1.54) is 6.42 Å². The van der Waals surface area contributed by atoms with Crippen LogP contribution in [0.4, 0.5) is 5.69 Å². The summed E-state index contributed by atoms with van der Waals surface area (Å²) in [5, 5.41) is 0. The van der Waals surface area contributed by atoms with Crippen molar-refractivity contribution in [1.82, 2.24) is 4.90 Å². The number of nitrogens with zero attached hydrogens (tertiary/aromatic N) is 2. The summed E-state index contributed by atoms with van der Waals surface area (Å²) in [5.74, 6) is 1.70. The molecule has 0 N–H and O–H groups in total. The van der Waals surface area contributed by atoms with Gasteiger partial charge in [-0.05, 0) is 37.0 Å². The molecule has 1 saturated heterocycles. The van der Waals surface area contributed by atoms with Crippen molar-refractivity contribution in [2.45, 2.75) is 57.0 Å². The van der Waals surface area contributed by atoms with Gasteiger partial charge < -0.3 is 28.7 Å². The van der Waals surface area contributed by atoms with E-state index in [1.807, 2.05) is 36.2 Å². The molecule has 37 heavy (non-hydrogen) atoms. The van der Waals surface area contributed by atoms with Crippen LogP contribution in [0.3, 0.4) is 0 Å². The average molecular weight is 511 g/mol. The molecule has 200 valence electrons. The SMILES string of the molecule is COc1ccc(C2C(C(=O)N(C)C3CCCCC3)CCC(=O)N2c2cc(OC)c(OC)c(OC)c2)cc1. The first kappa shape index (κ1) is 26.6. The van der Waals surface area contributed by atoms with E-state index in [2.05, 4.69) is 0 Å². The molecule has 0 aromatic heterocycles. The summed E-state index contributed by atoms with van der Waals surface area (Å²) in [6.07, 6.45) is 6.33. The minimum absolute atomic E-state index is 0.0561. The molecule has 1 saturated carbocycles. The van der Waals surface area contributed by atoms with Gasteiger partial charge in [0.15, 0.2) is 11.5 Å². The molecule has 2 fully saturated rings. The van der Waals surface area contributed by atoms with Gasteiger partial charge in [0.25, 0.3) is 0 Å². The lowest BCUT2D eigenvalue weighted by Crippen LogP contribution is -2.50. The number of piperidine rings is 1. The Morgan fingerprint density at radius 3 is 2.03 bits per heavy atom. The normalized spacial score (nSPS) is 20.4. The predicted octanol–water partition coefficient (Wildman–Crippen LogP) is 5.00. The molecule has 1 aliphatic heterocycles. The van der Waals surface area contributed by atoms with Gasteiger partial charge in [-0.2, -0.15) is 0 Å². The number of hydrogen-bond acceptors (Lipinski definition) is 6. The molecular weight excluding hydrogens is 472 g/mol. The molecule has 2 amide bonds. The lowest BCUT2D eigenvalue weighted by Gasteiger charge is -2.43. The van der Waals surface area contributed by atoms with Crippen LogP contribution in [0, 0.1) is 5.92 Å². The molecule has 0 bridgehead atoms. The smallest absolute Gasteiger partial charge is 0.228 e. The molecule has 0 radical (unpaired) electrons. The fourth-order valence-electron chi connectivity index (χ4n) is 5.75. The molecular formula is C29H38N2O6. The third-order valence-electron chi connectivity index (χ3n) is 7.77. The minimum atomic E-state index is -0.492. The van der Waals surface area contributed by atoms with Crippen LogP contribution in [-0.2, 0) is 9.59 Å². The van der Waals surface area contributed by atoms with Gasteiger partial charge in [0, 0.05) is 31.6 Å². The predicted molar refractivity (Wildman–Crippen MR) is 142 cm³/mol. The van der Waals surface area contributed by atoms with Crippen LogP contribution in [0.25, 0.3) is 0 Å². The lowest BCUT2D eigenvalue weighted by molar-refractivity contribution is -0.139. The van der Waals surface area contributed by atoms with Gasteiger partial charge >= 0.3 is 0 Å². The van der Waals surface area contributed by atoms with Crippen molar-refractivity contribution in [1.29, 1.82) is 0 Å². The highest BCUT2D eigenvalue weighted by molar-refractivity contribution is 5.98. The van der Waals surface area contributed by atoms with E-state index in [4.69, 9.17) is 18.9 Å². The number of methoxy groups -OCH3 is 4. The molecule has 2 aromatic carbocycles. The topological polar surface area (TPSA) is 77.5 Å². The van der Waals surface area contributed by atoms with Gasteiger partial charge in [-0.1, -0.05) is 31.4 Å². The van der Waals surface area contributed by atoms with Crippen molar-refractivity contribution in [3.63, 3.8) is 0 Å². The molecule has 8 nitrogen and oxygen atoms in total. The highest BCUT2D eigenvalue weighted by Gasteiger charge is 2.43. The van der Waals surface area contributed by atoms with Crippen LogP contribution >= 0.6 is 0 Å². The average Bonchev–Trinajstić information content (AvgIpc) is 2.95. The second kappa shape index (κ2) is 11.8. The van der Waals surface area contributed by atoms with Crippen LogP contribution in [0.2, 0.25) is 0 Å². The maximum absolute atomic E-state index is 14.0. The van der Waals surface area contributed by atoms with Crippen LogP contribution in [-0.4, -0.2) is 58.2 Å². The number of ether oxygens (including phenoxy) is 4. The number of benzene rings is 2. The van der Waals surface area contributed by atoms with Crippen LogP contribution < -0.4 is 23.8 Å². The Morgan fingerprint density at radius 1 is 0.865 bits per heavy atom. The molecule has 1 heterocycles. The van der Waals surface area contributed by atoms with Gasteiger partial charge in [0.2, 0.25) is 17.6 Å². The summed E-state index contributed by atoms with van der Waals surface area (Å²) >= 11 is 0. The van der Waals surface area contributed by atoms with E-state index in [9.17, 15) is 9.59 Å². The number of anilines is 1. The van der Waals surface area contributed by atoms with E-state index >= 15 is 0 Å². The van der Waals surface area contributed by atoms with Crippen molar-refractivity contribution in [2.75, 3.05) is 40.4 Å². The maximum Gasteiger partial charge on any atom is 0.228 e. The second-order valence-corrected chi connectivity index (χ2v) is 9.75. The monoisotopic (exact) mass is 510 g/mol. The largest absolute Gasteiger partial charge is 0.497 e. The Bertz CT molecular complexity index is 1070. The standard InChI is InChI=1S/C29H38N2O6/c1-30(20-9-7-6-8-10-20)29(33)23-15-16-26(32)31(27(23)19-11-13-22(34-2)14-12-19)21-17-24(35-3)28(37-5)25(18-21)36-4/h11-14,17-18,20,23,27H,6-10,15-16H2,1-5H3. The Labute approximate surface area is 219 Å². The lowest BCUT2D eigenvalue weighted by atomic mass is 9.82. The van der Waals surface area contributed by atoms with Gasteiger partial charge in [0.1, 0.15) is 5.75 Å². The zero-order valence-electron chi connectivity index (χ0n) is 22.5. The van der Waals surface area contributed by atoms with E-state index < -0.39 is 12.0 Å². The summed E-state index contributed by atoms with van der Waals surface area (Å²) in [6.45, 7) is 0. The van der Waals surface area contributed by atoms with Crippen molar-refractivity contribution in [2.24, 2.45) is 5.92 Å². The third kappa shape index (κ3) is 5.33. The first-order valence-corrected chi connectivity index (χ1v) is 13.0. The number of hydrogen-bond donors (Lipinski definition) is 0. The van der Waals surface area contributed by atoms with Crippen LogP contribution in [0.5, 0.6) is 23.0 Å².